The van der Waals surface area contributed by atoms with Gasteiger partial charge in [-0.15, -0.1) is 23.3 Å². The maximum atomic E-state index is 6.06. The number of rotatable bonds is 8. The van der Waals surface area contributed by atoms with Gasteiger partial charge >= 0.3 is 7.12 Å². The number of ether oxygens (including phenoxy) is 3. The zero-order valence-electron chi connectivity index (χ0n) is 17.9. The van der Waals surface area contributed by atoms with Gasteiger partial charge in [-0.3, -0.25) is 4.99 Å². The van der Waals surface area contributed by atoms with Gasteiger partial charge in [0.05, 0.1) is 25.4 Å². The van der Waals surface area contributed by atoms with Crippen LogP contribution in [0, 0.1) is 0 Å². The molecule has 0 unspecified atom stereocenters. The van der Waals surface area contributed by atoms with Crippen LogP contribution in [0.1, 0.15) is 27.7 Å². The molecular weight excluding hydrogens is 409 g/mol. The molecule has 1 aromatic rings. The van der Waals surface area contributed by atoms with Crippen molar-refractivity contribution in [1.82, 2.24) is 0 Å². The highest BCUT2D eigenvalue weighted by molar-refractivity contribution is 8.59. The summed E-state index contributed by atoms with van der Waals surface area (Å²) in [4.78, 5) is 3.95. The molecule has 0 N–H and O–H groups in total. The van der Waals surface area contributed by atoms with Gasteiger partial charge in [-0.25, -0.2) is 0 Å². The maximum absolute atomic E-state index is 6.06. The standard InChI is InChI=1S/C20H28BNO5.H2S2/c1-14(23-7)18(24-8)17(22-6)13-25-16-11-9-15(10-12-16)21-26-19(2,3)20(4,5)27-21;1-2/h9-12H,1,6,13H2,2-5,7-8H3;1-2H/b18-17+;. The molecule has 1 aromatic carbocycles. The molecule has 0 bridgehead atoms. The first-order valence-corrected chi connectivity index (χ1v) is 10.5. The second kappa shape index (κ2) is 11.0. The summed E-state index contributed by atoms with van der Waals surface area (Å²) >= 11 is 6.44. The molecule has 0 atom stereocenters. The van der Waals surface area contributed by atoms with E-state index in [1.165, 1.54) is 14.2 Å². The van der Waals surface area contributed by atoms with E-state index < -0.39 is 7.12 Å². The zero-order valence-corrected chi connectivity index (χ0v) is 19.7. The molecule has 0 radical (unpaired) electrons. The molecule has 1 aliphatic rings. The van der Waals surface area contributed by atoms with Gasteiger partial charge in [0, 0.05) is 0 Å². The number of benzene rings is 1. The van der Waals surface area contributed by atoms with Gasteiger partial charge < -0.3 is 23.5 Å². The molecule has 9 heteroatoms. The minimum Gasteiger partial charge on any atom is -0.493 e. The summed E-state index contributed by atoms with van der Waals surface area (Å²) in [7, 11) is 2.63. The van der Waals surface area contributed by atoms with E-state index >= 15 is 0 Å². The van der Waals surface area contributed by atoms with Gasteiger partial charge in [0.15, 0.2) is 11.5 Å². The summed E-state index contributed by atoms with van der Waals surface area (Å²) < 4.78 is 28.3. The fraction of sp³-hybridized carbons (Fsp3) is 0.450. The van der Waals surface area contributed by atoms with Gasteiger partial charge in [0.25, 0.3) is 0 Å². The maximum Gasteiger partial charge on any atom is 0.494 e. The molecule has 0 amide bonds. The van der Waals surface area contributed by atoms with Crippen molar-refractivity contribution in [3.05, 3.63) is 48.1 Å². The highest BCUT2D eigenvalue weighted by Crippen LogP contribution is 2.36. The molecule has 1 fully saturated rings. The van der Waals surface area contributed by atoms with Crippen LogP contribution in [0.2, 0.25) is 0 Å². The van der Waals surface area contributed by atoms with Crippen molar-refractivity contribution in [2.24, 2.45) is 4.99 Å². The zero-order chi connectivity index (χ0) is 22.2. The molecule has 6 nitrogen and oxygen atoms in total. The predicted molar refractivity (Wildman–Crippen MR) is 125 cm³/mol. The monoisotopic (exact) mass is 439 g/mol. The number of methoxy groups -OCH3 is 2. The van der Waals surface area contributed by atoms with Gasteiger partial charge in [0.1, 0.15) is 18.1 Å². The van der Waals surface area contributed by atoms with Crippen molar-refractivity contribution in [2.45, 2.75) is 38.9 Å². The Morgan fingerprint density at radius 2 is 1.55 bits per heavy atom. The van der Waals surface area contributed by atoms with Crippen molar-refractivity contribution in [2.75, 3.05) is 20.8 Å². The van der Waals surface area contributed by atoms with Crippen LogP contribution in [-0.2, 0) is 18.8 Å². The molecule has 0 aliphatic carbocycles. The minimum atomic E-state index is -0.403. The highest BCUT2D eigenvalue weighted by atomic mass is 33.1. The molecule has 2 rings (SSSR count). The number of hydrogen-bond acceptors (Lipinski definition) is 8. The fourth-order valence-corrected chi connectivity index (χ4v) is 2.52. The summed E-state index contributed by atoms with van der Waals surface area (Å²) in [5.74, 6) is 1.44. The Kier molecular flexibility index (Phi) is 9.68. The second-order valence-corrected chi connectivity index (χ2v) is 7.21. The normalized spacial score (nSPS) is 17.4. The lowest BCUT2D eigenvalue weighted by molar-refractivity contribution is 0.00578. The topological polar surface area (TPSA) is 58.5 Å². The van der Waals surface area contributed by atoms with Crippen LogP contribution in [0.5, 0.6) is 5.75 Å². The van der Waals surface area contributed by atoms with Crippen LogP contribution < -0.4 is 10.2 Å². The van der Waals surface area contributed by atoms with Crippen molar-refractivity contribution in [1.29, 1.82) is 0 Å². The van der Waals surface area contributed by atoms with Crippen LogP contribution >= 0.6 is 23.3 Å². The summed E-state index contributed by atoms with van der Waals surface area (Å²) in [5, 5.41) is 0. The van der Waals surface area contributed by atoms with Gasteiger partial charge in [-0.05, 0) is 52.0 Å². The van der Waals surface area contributed by atoms with E-state index in [0.717, 1.165) is 5.46 Å². The lowest BCUT2D eigenvalue weighted by atomic mass is 9.79. The first-order chi connectivity index (χ1) is 13.6. The van der Waals surface area contributed by atoms with E-state index in [4.69, 9.17) is 23.5 Å². The summed E-state index contributed by atoms with van der Waals surface area (Å²) in [5.41, 5.74) is 0.689. The van der Waals surface area contributed by atoms with E-state index in [9.17, 15) is 0 Å². The Hall–Kier alpha value is -1.55. The predicted octanol–water partition coefficient (Wildman–Crippen LogP) is 3.84. The van der Waals surface area contributed by atoms with E-state index in [1.807, 2.05) is 52.0 Å². The molecule has 29 heavy (non-hydrogen) atoms. The minimum absolute atomic E-state index is 0.172. The summed E-state index contributed by atoms with van der Waals surface area (Å²) in [6.07, 6.45) is 0. The molecule has 0 spiro atoms. The van der Waals surface area contributed by atoms with E-state index in [1.54, 1.807) is 0 Å². The van der Waals surface area contributed by atoms with Crippen LogP contribution in [0.15, 0.2) is 53.1 Å². The number of aliphatic imine (C=N–C) groups is 1. The van der Waals surface area contributed by atoms with E-state index in [0.29, 0.717) is 23.0 Å². The van der Waals surface area contributed by atoms with Crippen LogP contribution in [0.3, 0.4) is 0 Å². The molecule has 1 heterocycles. The van der Waals surface area contributed by atoms with Crippen molar-refractivity contribution in [3.63, 3.8) is 0 Å². The third-order valence-corrected chi connectivity index (χ3v) is 4.94. The summed E-state index contributed by atoms with van der Waals surface area (Å²) in [6, 6.07) is 7.57. The Bertz CT molecular complexity index is 719. The first kappa shape index (κ1) is 25.5. The Morgan fingerprint density at radius 1 is 1.03 bits per heavy atom. The molecular formula is C20H30BNO5S2. The third-order valence-electron chi connectivity index (χ3n) is 4.94. The lowest BCUT2D eigenvalue weighted by Gasteiger charge is -2.32. The van der Waals surface area contributed by atoms with Gasteiger partial charge in [-0.1, -0.05) is 18.7 Å². The lowest BCUT2D eigenvalue weighted by Crippen LogP contribution is -2.41. The van der Waals surface area contributed by atoms with E-state index in [-0.39, 0.29) is 17.8 Å². The molecule has 1 saturated heterocycles. The number of thiol groups is 2. The number of nitrogens with zero attached hydrogens (tertiary/aromatic N) is 1. The number of hydrogen-bond donors (Lipinski definition) is 2. The fourth-order valence-electron chi connectivity index (χ4n) is 2.52. The molecule has 0 aromatic heterocycles. The second-order valence-electron chi connectivity index (χ2n) is 7.21. The Balaban J connectivity index is 0.00000204. The van der Waals surface area contributed by atoms with Gasteiger partial charge in [0.2, 0.25) is 0 Å². The van der Waals surface area contributed by atoms with Crippen molar-refractivity contribution >= 4 is 42.6 Å². The Morgan fingerprint density at radius 3 is 1.97 bits per heavy atom. The smallest absolute Gasteiger partial charge is 0.493 e. The molecule has 160 valence electrons. The summed E-state index contributed by atoms with van der Waals surface area (Å²) in [6.45, 7) is 15.6. The first-order valence-electron chi connectivity index (χ1n) is 8.90. The largest absolute Gasteiger partial charge is 0.494 e. The SMILES string of the molecule is C=N/C(COc1ccc(B2OC(C)(C)C(C)(C)O2)cc1)=C(/OC)C(=C)OC.SS. The highest BCUT2D eigenvalue weighted by Gasteiger charge is 2.51. The van der Waals surface area contributed by atoms with Crippen molar-refractivity contribution < 1.29 is 23.5 Å². The molecule has 0 saturated carbocycles. The molecule has 1 aliphatic heterocycles. The van der Waals surface area contributed by atoms with Crippen LogP contribution in [0.25, 0.3) is 0 Å². The average molecular weight is 439 g/mol. The van der Waals surface area contributed by atoms with E-state index in [2.05, 4.69) is 41.6 Å². The Labute approximate surface area is 184 Å². The van der Waals surface area contributed by atoms with Crippen LogP contribution in [-0.4, -0.2) is 45.9 Å². The third kappa shape index (κ3) is 6.21. The van der Waals surface area contributed by atoms with Gasteiger partial charge in [-0.2, -0.15) is 0 Å². The average Bonchev–Trinajstić information content (AvgIpc) is 2.93. The van der Waals surface area contributed by atoms with Crippen molar-refractivity contribution in [3.8, 4) is 5.75 Å². The quantitative estimate of drug-likeness (QED) is 0.161. The van der Waals surface area contributed by atoms with Crippen LogP contribution in [0.4, 0.5) is 0 Å².